The van der Waals surface area contributed by atoms with Crippen LogP contribution in [0.2, 0.25) is 0 Å². The van der Waals surface area contributed by atoms with Crippen LogP contribution >= 0.6 is 0 Å². The summed E-state index contributed by atoms with van der Waals surface area (Å²) in [5.74, 6) is 2.57. The van der Waals surface area contributed by atoms with E-state index >= 15 is 0 Å². The number of hydrogen-bond acceptors (Lipinski definition) is 4. The summed E-state index contributed by atoms with van der Waals surface area (Å²) in [7, 11) is 0. The van der Waals surface area contributed by atoms with Crippen LogP contribution in [0, 0.1) is 6.92 Å². The first-order chi connectivity index (χ1) is 9.22. The molecule has 102 valence electrons. The third-order valence-electron chi connectivity index (χ3n) is 2.75. The second-order valence-electron chi connectivity index (χ2n) is 4.61. The Bertz CT molecular complexity index is 532. The lowest BCUT2D eigenvalue weighted by Crippen LogP contribution is -2.09. The fourth-order valence-electron chi connectivity index (χ4n) is 1.82. The summed E-state index contributed by atoms with van der Waals surface area (Å²) in [5, 5.41) is 7.72. The van der Waals surface area contributed by atoms with Gasteiger partial charge in [0.25, 0.3) is 0 Å². The van der Waals surface area contributed by atoms with Crippen molar-refractivity contribution in [3.05, 3.63) is 29.8 Å². The summed E-state index contributed by atoms with van der Waals surface area (Å²) in [5.41, 5.74) is 0.985. The maximum absolute atomic E-state index is 4.56. The molecule has 0 bridgehead atoms. The van der Waals surface area contributed by atoms with Crippen LogP contribution in [0.1, 0.15) is 38.2 Å². The summed E-state index contributed by atoms with van der Waals surface area (Å²) in [6.45, 7) is 7.16. The number of nitrogens with one attached hydrogen (secondary N) is 1. The van der Waals surface area contributed by atoms with E-state index < -0.39 is 0 Å². The fraction of sp³-hybridized carbons (Fsp3) is 0.500. The SMILES string of the molecule is CCCNc1cc(-n2ccc(C)n2)nc(CCC)n1. The molecule has 0 aliphatic heterocycles. The first-order valence-corrected chi connectivity index (χ1v) is 6.87. The number of aromatic nitrogens is 4. The third kappa shape index (κ3) is 3.53. The van der Waals surface area contributed by atoms with Gasteiger partial charge in [-0.15, -0.1) is 0 Å². The van der Waals surface area contributed by atoms with Crippen molar-refractivity contribution < 1.29 is 0 Å². The monoisotopic (exact) mass is 259 g/mol. The van der Waals surface area contributed by atoms with Crippen LogP contribution in [0.5, 0.6) is 0 Å². The molecular formula is C14H21N5. The van der Waals surface area contributed by atoms with Crippen molar-refractivity contribution in [1.82, 2.24) is 19.7 Å². The Balaban J connectivity index is 2.33. The molecule has 19 heavy (non-hydrogen) atoms. The molecule has 0 saturated heterocycles. The predicted molar refractivity (Wildman–Crippen MR) is 76.7 cm³/mol. The second-order valence-corrected chi connectivity index (χ2v) is 4.61. The molecule has 0 aliphatic carbocycles. The smallest absolute Gasteiger partial charge is 0.159 e. The molecule has 5 nitrogen and oxygen atoms in total. The highest BCUT2D eigenvalue weighted by Gasteiger charge is 2.06. The van der Waals surface area contributed by atoms with E-state index in [-0.39, 0.29) is 0 Å². The van der Waals surface area contributed by atoms with E-state index in [9.17, 15) is 0 Å². The Morgan fingerprint density at radius 3 is 2.68 bits per heavy atom. The number of nitrogens with zero attached hydrogens (tertiary/aromatic N) is 4. The van der Waals surface area contributed by atoms with Crippen LogP contribution in [0.15, 0.2) is 18.3 Å². The molecular weight excluding hydrogens is 238 g/mol. The van der Waals surface area contributed by atoms with Crippen molar-refractivity contribution in [1.29, 1.82) is 0 Å². The Hall–Kier alpha value is -1.91. The van der Waals surface area contributed by atoms with Crippen molar-refractivity contribution in [2.24, 2.45) is 0 Å². The zero-order valence-electron chi connectivity index (χ0n) is 11.8. The Morgan fingerprint density at radius 2 is 2.05 bits per heavy atom. The van der Waals surface area contributed by atoms with Crippen LogP contribution < -0.4 is 5.32 Å². The summed E-state index contributed by atoms with van der Waals surface area (Å²) >= 11 is 0. The van der Waals surface area contributed by atoms with E-state index in [2.05, 4.69) is 34.2 Å². The maximum Gasteiger partial charge on any atom is 0.159 e. The largest absolute Gasteiger partial charge is 0.370 e. The van der Waals surface area contributed by atoms with Gasteiger partial charge in [-0.1, -0.05) is 13.8 Å². The van der Waals surface area contributed by atoms with Gasteiger partial charge in [-0.3, -0.25) is 0 Å². The summed E-state index contributed by atoms with van der Waals surface area (Å²) in [4.78, 5) is 9.09. The zero-order valence-corrected chi connectivity index (χ0v) is 11.8. The molecule has 0 fully saturated rings. The Kier molecular flexibility index (Phi) is 4.49. The molecule has 0 aliphatic rings. The van der Waals surface area contributed by atoms with E-state index in [0.29, 0.717) is 0 Å². The van der Waals surface area contributed by atoms with Gasteiger partial charge in [0.05, 0.1) is 5.69 Å². The maximum atomic E-state index is 4.56. The minimum atomic E-state index is 0.824. The van der Waals surface area contributed by atoms with Gasteiger partial charge in [-0.25, -0.2) is 14.6 Å². The van der Waals surface area contributed by atoms with Crippen molar-refractivity contribution in [2.75, 3.05) is 11.9 Å². The highest BCUT2D eigenvalue weighted by Crippen LogP contribution is 2.12. The second kappa shape index (κ2) is 6.31. The van der Waals surface area contributed by atoms with Gasteiger partial charge in [-0.05, 0) is 25.8 Å². The molecule has 0 radical (unpaired) electrons. The number of rotatable bonds is 6. The van der Waals surface area contributed by atoms with Crippen molar-refractivity contribution in [3.8, 4) is 5.82 Å². The molecule has 2 heterocycles. The standard InChI is InChI=1S/C14H21N5/c1-4-6-12-16-13(15-8-5-2)10-14(17-12)19-9-7-11(3)18-19/h7,9-10H,4-6,8H2,1-3H3,(H,15,16,17). The molecule has 5 heteroatoms. The van der Waals surface area contributed by atoms with Crippen LogP contribution in [0.25, 0.3) is 5.82 Å². The van der Waals surface area contributed by atoms with Crippen molar-refractivity contribution in [2.45, 2.75) is 40.0 Å². The lowest BCUT2D eigenvalue weighted by molar-refractivity contribution is 0.779. The lowest BCUT2D eigenvalue weighted by Gasteiger charge is -2.09. The van der Waals surface area contributed by atoms with E-state index in [4.69, 9.17) is 0 Å². The number of anilines is 1. The highest BCUT2D eigenvalue weighted by molar-refractivity contribution is 5.41. The molecule has 0 aromatic carbocycles. The predicted octanol–water partition coefficient (Wildman–Crippen LogP) is 2.75. The minimum absolute atomic E-state index is 0.824. The van der Waals surface area contributed by atoms with Crippen LogP contribution in [-0.4, -0.2) is 26.3 Å². The number of aryl methyl sites for hydroxylation is 2. The first-order valence-electron chi connectivity index (χ1n) is 6.87. The molecule has 0 atom stereocenters. The molecule has 0 unspecified atom stereocenters. The van der Waals surface area contributed by atoms with Crippen molar-refractivity contribution in [3.63, 3.8) is 0 Å². The van der Waals surface area contributed by atoms with E-state index in [1.165, 1.54) is 0 Å². The lowest BCUT2D eigenvalue weighted by atomic mass is 10.3. The molecule has 2 rings (SSSR count). The van der Waals surface area contributed by atoms with Gasteiger partial charge >= 0.3 is 0 Å². The highest BCUT2D eigenvalue weighted by atomic mass is 15.3. The average Bonchev–Trinajstić information content (AvgIpc) is 2.83. The molecule has 0 amide bonds. The van der Waals surface area contributed by atoms with Crippen molar-refractivity contribution >= 4 is 5.82 Å². The van der Waals surface area contributed by atoms with Gasteiger partial charge in [-0.2, -0.15) is 5.10 Å². The van der Waals surface area contributed by atoms with Gasteiger partial charge in [0.1, 0.15) is 11.6 Å². The van der Waals surface area contributed by atoms with E-state index in [1.807, 2.05) is 25.3 Å². The quantitative estimate of drug-likeness (QED) is 0.866. The average molecular weight is 259 g/mol. The Morgan fingerprint density at radius 1 is 1.21 bits per heavy atom. The van der Waals surface area contributed by atoms with E-state index in [0.717, 1.165) is 49.0 Å². The summed E-state index contributed by atoms with van der Waals surface area (Å²) < 4.78 is 1.80. The summed E-state index contributed by atoms with van der Waals surface area (Å²) in [6.07, 6.45) is 4.92. The van der Waals surface area contributed by atoms with Gasteiger partial charge < -0.3 is 5.32 Å². The van der Waals surface area contributed by atoms with Gasteiger partial charge in [0.15, 0.2) is 5.82 Å². The Labute approximate surface area is 114 Å². The van der Waals surface area contributed by atoms with Crippen LogP contribution in [-0.2, 0) is 6.42 Å². The molecule has 1 N–H and O–H groups in total. The fourth-order valence-corrected chi connectivity index (χ4v) is 1.82. The summed E-state index contributed by atoms with van der Waals surface area (Å²) in [6, 6.07) is 3.92. The van der Waals surface area contributed by atoms with Gasteiger partial charge in [0, 0.05) is 25.2 Å². The third-order valence-corrected chi connectivity index (χ3v) is 2.75. The molecule has 0 saturated carbocycles. The zero-order chi connectivity index (χ0) is 13.7. The topological polar surface area (TPSA) is 55.6 Å². The van der Waals surface area contributed by atoms with E-state index in [1.54, 1.807) is 4.68 Å². The molecule has 2 aromatic heterocycles. The minimum Gasteiger partial charge on any atom is -0.370 e. The number of hydrogen-bond donors (Lipinski definition) is 1. The molecule has 2 aromatic rings. The van der Waals surface area contributed by atoms with Crippen LogP contribution in [0.4, 0.5) is 5.82 Å². The van der Waals surface area contributed by atoms with Crippen LogP contribution in [0.3, 0.4) is 0 Å². The first kappa shape index (κ1) is 13.5. The molecule has 0 spiro atoms. The normalized spacial score (nSPS) is 10.7. The van der Waals surface area contributed by atoms with Gasteiger partial charge in [0.2, 0.25) is 0 Å².